The molecule has 0 saturated carbocycles. The summed E-state index contributed by atoms with van der Waals surface area (Å²) >= 11 is 0. The molecule has 4 aromatic carbocycles. The zero-order valence-electron chi connectivity index (χ0n) is 12.9. The summed E-state index contributed by atoms with van der Waals surface area (Å²) in [4.78, 5) is 4.94. The number of hydrogen-bond donors (Lipinski definition) is 0. The van der Waals surface area contributed by atoms with Crippen LogP contribution >= 0.6 is 0 Å². The zero-order valence-corrected chi connectivity index (χ0v) is 12.9. The van der Waals surface area contributed by atoms with E-state index < -0.39 is 0 Å². The van der Waals surface area contributed by atoms with E-state index in [2.05, 4.69) is 79.7 Å². The molecule has 5 rings (SSSR count). The van der Waals surface area contributed by atoms with Gasteiger partial charge in [0.1, 0.15) is 0 Å². The third kappa shape index (κ3) is 1.71. The maximum absolute atomic E-state index is 4.94. The summed E-state index contributed by atoms with van der Waals surface area (Å²) in [6.45, 7) is 2.23. The van der Waals surface area contributed by atoms with Gasteiger partial charge in [-0.05, 0) is 46.2 Å². The fraction of sp³-hybridized carbons (Fsp3) is 0.0455. The summed E-state index contributed by atoms with van der Waals surface area (Å²) in [5, 5.41) is 7.64. The van der Waals surface area contributed by atoms with Crippen LogP contribution in [-0.4, -0.2) is 4.98 Å². The van der Waals surface area contributed by atoms with E-state index in [4.69, 9.17) is 4.98 Å². The highest BCUT2D eigenvalue weighted by Crippen LogP contribution is 2.34. The van der Waals surface area contributed by atoms with E-state index in [1.807, 2.05) is 0 Å². The van der Waals surface area contributed by atoms with Crippen molar-refractivity contribution < 1.29 is 0 Å². The van der Waals surface area contributed by atoms with Crippen LogP contribution in [-0.2, 0) is 0 Å². The van der Waals surface area contributed by atoms with Crippen LogP contribution < -0.4 is 0 Å². The van der Waals surface area contributed by atoms with Crippen LogP contribution in [0.4, 0.5) is 0 Å². The number of benzene rings is 4. The van der Waals surface area contributed by atoms with Crippen LogP contribution in [0.15, 0.2) is 72.8 Å². The molecule has 0 aliphatic carbocycles. The predicted octanol–water partition coefficient (Wildman–Crippen LogP) is 6.00. The van der Waals surface area contributed by atoms with E-state index >= 15 is 0 Å². The Morgan fingerprint density at radius 2 is 1.04 bits per heavy atom. The highest BCUT2D eigenvalue weighted by atomic mass is 14.7. The largest absolute Gasteiger partial charge is 0.248 e. The second-order valence-electron chi connectivity index (χ2n) is 6.10. The van der Waals surface area contributed by atoms with Crippen molar-refractivity contribution in [3.05, 3.63) is 78.4 Å². The molecule has 1 heterocycles. The monoisotopic (exact) mass is 293 g/mol. The topological polar surface area (TPSA) is 12.9 Å². The maximum Gasteiger partial charge on any atom is 0.0718 e. The van der Waals surface area contributed by atoms with Crippen LogP contribution in [0, 0.1) is 6.92 Å². The van der Waals surface area contributed by atoms with Gasteiger partial charge in [0.2, 0.25) is 0 Å². The summed E-state index contributed by atoms with van der Waals surface area (Å²) in [5.41, 5.74) is 3.46. The summed E-state index contributed by atoms with van der Waals surface area (Å²) < 4.78 is 0. The molecule has 0 amide bonds. The van der Waals surface area contributed by atoms with Crippen molar-refractivity contribution in [1.29, 1.82) is 0 Å². The van der Waals surface area contributed by atoms with Crippen molar-refractivity contribution in [1.82, 2.24) is 4.98 Å². The number of pyridine rings is 1. The molecule has 0 aliphatic rings. The molecule has 0 radical (unpaired) electrons. The lowest BCUT2D eigenvalue weighted by Gasteiger charge is -2.12. The molecule has 5 aromatic rings. The molecule has 1 aromatic heterocycles. The summed E-state index contributed by atoms with van der Waals surface area (Å²) in [5.74, 6) is 0. The first-order valence-corrected chi connectivity index (χ1v) is 7.92. The lowest BCUT2D eigenvalue weighted by atomic mass is 9.95. The average molecular weight is 293 g/mol. The molecular weight excluding hydrogens is 278 g/mol. The molecule has 0 bridgehead atoms. The molecule has 0 saturated heterocycles. The Hall–Kier alpha value is -2.93. The first-order valence-electron chi connectivity index (χ1n) is 7.92. The number of aromatic nitrogens is 1. The van der Waals surface area contributed by atoms with Crippen molar-refractivity contribution >= 4 is 43.4 Å². The highest BCUT2D eigenvalue weighted by Gasteiger charge is 2.11. The second kappa shape index (κ2) is 4.53. The van der Waals surface area contributed by atoms with E-state index in [1.165, 1.54) is 37.9 Å². The quantitative estimate of drug-likeness (QED) is 0.252. The minimum Gasteiger partial charge on any atom is -0.248 e. The predicted molar refractivity (Wildman–Crippen MR) is 99.0 cm³/mol. The minimum atomic E-state index is 1.07. The standard InChI is InChI=1S/C22H15N/c1-14-21-17-8-4-2-6-15(17)10-12-19(21)23-20-13-11-16-7-3-5-9-18(16)22(14)20/h2-13H,1H3. The lowest BCUT2D eigenvalue weighted by Crippen LogP contribution is -1.90. The van der Waals surface area contributed by atoms with Gasteiger partial charge in [-0.15, -0.1) is 0 Å². The Bertz CT molecular complexity index is 1120. The smallest absolute Gasteiger partial charge is 0.0718 e. The van der Waals surface area contributed by atoms with Gasteiger partial charge in [0.05, 0.1) is 11.0 Å². The van der Waals surface area contributed by atoms with Gasteiger partial charge in [-0.25, -0.2) is 4.98 Å². The number of rotatable bonds is 0. The zero-order chi connectivity index (χ0) is 15.4. The van der Waals surface area contributed by atoms with Crippen molar-refractivity contribution in [2.24, 2.45) is 0 Å². The van der Waals surface area contributed by atoms with Crippen LogP contribution in [0.1, 0.15) is 5.56 Å². The molecule has 1 heteroatoms. The Balaban J connectivity index is 2.11. The third-order valence-electron chi connectivity index (χ3n) is 4.80. The van der Waals surface area contributed by atoms with Crippen molar-refractivity contribution in [3.63, 3.8) is 0 Å². The molecular formula is C22H15N. The van der Waals surface area contributed by atoms with Crippen molar-refractivity contribution in [2.75, 3.05) is 0 Å². The Kier molecular flexibility index (Phi) is 2.48. The molecule has 0 fully saturated rings. The van der Waals surface area contributed by atoms with Crippen LogP contribution in [0.5, 0.6) is 0 Å². The SMILES string of the molecule is Cc1c2c(ccc3ccccc32)nc2ccc3ccccc3c12. The highest BCUT2D eigenvalue weighted by molar-refractivity contribution is 6.17. The molecule has 23 heavy (non-hydrogen) atoms. The van der Waals surface area contributed by atoms with Gasteiger partial charge < -0.3 is 0 Å². The fourth-order valence-corrected chi connectivity index (χ4v) is 3.75. The van der Waals surface area contributed by atoms with Gasteiger partial charge in [-0.2, -0.15) is 0 Å². The first kappa shape index (κ1) is 12.6. The molecule has 0 spiro atoms. The Morgan fingerprint density at radius 1 is 0.565 bits per heavy atom. The van der Waals surface area contributed by atoms with E-state index in [0.717, 1.165) is 11.0 Å². The lowest BCUT2D eigenvalue weighted by molar-refractivity contribution is 1.47. The summed E-state index contributed by atoms with van der Waals surface area (Å²) in [6.07, 6.45) is 0. The van der Waals surface area contributed by atoms with Gasteiger partial charge in [-0.1, -0.05) is 60.7 Å². The molecule has 108 valence electrons. The van der Waals surface area contributed by atoms with Crippen molar-refractivity contribution in [2.45, 2.75) is 6.92 Å². The Labute approximate surface area is 134 Å². The first-order chi connectivity index (χ1) is 11.3. The maximum atomic E-state index is 4.94. The Morgan fingerprint density at radius 3 is 1.57 bits per heavy atom. The third-order valence-corrected chi connectivity index (χ3v) is 4.80. The fourth-order valence-electron chi connectivity index (χ4n) is 3.75. The van der Waals surface area contributed by atoms with E-state index in [1.54, 1.807) is 0 Å². The number of aryl methyl sites for hydroxylation is 1. The molecule has 1 nitrogen and oxygen atoms in total. The van der Waals surface area contributed by atoms with Crippen LogP contribution in [0.25, 0.3) is 43.4 Å². The van der Waals surface area contributed by atoms with E-state index in [9.17, 15) is 0 Å². The van der Waals surface area contributed by atoms with Gasteiger partial charge in [0.15, 0.2) is 0 Å². The molecule has 0 N–H and O–H groups in total. The van der Waals surface area contributed by atoms with E-state index in [0.29, 0.717) is 0 Å². The van der Waals surface area contributed by atoms with Gasteiger partial charge in [-0.3, -0.25) is 0 Å². The van der Waals surface area contributed by atoms with Crippen molar-refractivity contribution in [3.8, 4) is 0 Å². The number of nitrogens with zero attached hydrogens (tertiary/aromatic N) is 1. The molecule has 0 aliphatic heterocycles. The number of fused-ring (bicyclic) bond motifs is 6. The normalized spacial score (nSPS) is 11.7. The molecule has 0 atom stereocenters. The molecule has 0 unspecified atom stereocenters. The summed E-state index contributed by atoms with van der Waals surface area (Å²) in [6, 6.07) is 25.7. The van der Waals surface area contributed by atoms with Crippen LogP contribution in [0.2, 0.25) is 0 Å². The van der Waals surface area contributed by atoms with Crippen LogP contribution in [0.3, 0.4) is 0 Å². The van der Waals surface area contributed by atoms with E-state index in [-0.39, 0.29) is 0 Å². The second-order valence-corrected chi connectivity index (χ2v) is 6.10. The van der Waals surface area contributed by atoms with Gasteiger partial charge in [0, 0.05) is 10.8 Å². The minimum absolute atomic E-state index is 1.07. The summed E-state index contributed by atoms with van der Waals surface area (Å²) in [7, 11) is 0. The van der Waals surface area contributed by atoms with Gasteiger partial charge >= 0.3 is 0 Å². The average Bonchev–Trinajstić information content (AvgIpc) is 2.61. The van der Waals surface area contributed by atoms with Gasteiger partial charge in [0.25, 0.3) is 0 Å². The number of hydrogen-bond acceptors (Lipinski definition) is 1.